The third-order valence-corrected chi connectivity index (χ3v) is 8.79. The van der Waals surface area contributed by atoms with Gasteiger partial charge in [-0.15, -0.1) is 0 Å². The van der Waals surface area contributed by atoms with E-state index >= 15 is 0 Å². The molecule has 0 bridgehead atoms. The van der Waals surface area contributed by atoms with Gasteiger partial charge in [0.25, 0.3) is 5.91 Å². The minimum absolute atomic E-state index is 0.229. The zero-order chi connectivity index (χ0) is 30.0. The Kier molecular flexibility index (Phi) is 8.01. The minimum atomic E-state index is -1.25. The molecular formula is C32H35N5O4Si. The highest BCUT2D eigenvalue weighted by molar-refractivity contribution is 6.76. The molecule has 9 nitrogen and oxygen atoms in total. The summed E-state index contributed by atoms with van der Waals surface area (Å²) in [5.41, 5.74) is 15.5. The molecule has 42 heavy (non-hydrogen) atoms. The van der Waals surface area contributed by atoms with Gasteiger partial charge in [0.2, 0.25) is 5.78 Å². The van der Waals surface area contributed by atoms with E-state index in [1.54, 1.807) is 41.1 Å². The van der Waals surface area contributed by atoms with Crippen LogP contribution < -0.4 is 16.2 Å². The summed E-state index contributed by atoms with van der Waals surface area (Å²) in [7, 11) is -1.25. The lowest BCUT2D eigenvalue weighted by molar-refractivity contribution is 0.0842. The van der Waals surface area contributed by atoms with E-state index in [2.05, 4.69) is 24.7 Å². The first-order valence-corrected chi connectivity index (χ1v) is 17.5. The number of hydrogen-bond acceptors (Lipinski definition) is 6. The molecule has 5 aromatic rings. The molecule has 1 amide bonds. The van der Waals surface area contributed by atoms with Crippen LogP contribution in [0.5, 0.6) is 11.5 Å². The highest BCUT2D eigenvalue weighted by Crippen LogP contribution is 2.30. The summed E-state index contributed by atoms with van der Waals surface area (Å²) in [5, 5.41) is 5.41. The van der Waals surface area contributed by atoms with Crippen molar-refractivity contribution in [2.45, 2.75) is 39.3 Å². The van der Waals surface area contributed by atoms with E-state index < -0.39 is 14.0 Å². The van der Waals surface area contributed by atoms with Gasteiger partial charge in [-0.05, 0) is 61.0 Å². The molecule has 0 saturated carbocycles. The zero-order valence-corrected chi connectivity index (χ0v) is 25.3. The van der Waals surface area contributed by atoms with E-state index in [0.29, 0.717) is 35.1 Å². The molecular weight excluding hydrogens is 546 g/mol. The number of hydrogen-bond donors (Lipinski definition) is 2. The van der Waals surface area contributed by atoms with Crippen molar-refractivity contribution in [1.29, 1.82) is 0 Å². The van der Waals surface area contributed by atoms with Gasteiger partial charge in [0, 0.05) is 20.1 Å². The quantitative estimate of drug-likeness (QED) is 0.109. The van der Waals surface area contributed by atoms with Gasteiger partial charge >= 0.3 is 0 Å². The third-order valence-electron chi connectivity index (χ3n) is 7.09. The number of nitrogens with zero attached hydrogens (tertiary/aromatic N) is 3. The summed E-state index contributed by atoms with van der Waals surface area (Å²) >= 11 is 0. The lowest BCUT2D eigenvalue weighted by Crippen LogP contribution is -2.22. The van der Waals surface area contributed by atoms with Crippen LogP contribution in [0.25, 0.3) is 16.6 Å². The fraction of sp³-hybridized carbons (Fsp3) is 0.219. The van der Waals surface area contributed by atoms with Crippen molar-refractivity contribution in [3.63, 3.8) is 0 Å². The second-order valence-corrected chi connectivity index (χ2v) is 17.1. The van der Waals surface area contributed by atoms with E-state index in [-0.39, 0.29) is 23.9 Å². The Morgan fingerprint density at radius 1 is 0.952 bits per heavy atom. The highest BCUT2D eigenvalue weighted by Gasteiger charge is 2.23. The van der Waals surface area contributed by atoms with Gasteiger partial charge in [0.15, 0.2) is 0 Å². The molecule has 5 rings (SSSR count). The molecule has 0 aliphatic rings. The number of primary amides is 1. The van der Waals surface area contributed by atoms with Crippen LogP contribution >= 0.6 is 0 Å². The van der Waals surface area contributed by atoms with Crippen LogP contribution in [0.2, 0.25) is 25.7 Å². The smallest absolute Gasteiger partial charge is 0.252 e. The van der Waals surface area contributed by atoms with Crippen molar-refractivity contribution in [2.75, 3.05) is 12.3 Å². The van der Waals surface area contributed by atoms with Gasteiger partial charge in [-0.3, -0.25) is 9.59 Å². The van der Waals surface area contributed by atoms with E-state index in [0.717, 1.165) is 22.5 Å². The molecule has 0 spiro atoms. The van der Waals surface area contributed by atoms with Crippen LogP contribution in [0.15, 0.2) is 79.0 Å². The number of aryl methyl sites for hydroxylation is 1. The topological polar surface area (TPSA) is 127 Å². The van der Waals surface area contributed by atoms with Crippen LogP contribution in [-0.2, 0) is 11.5 Å². The van der Waals surface area contributed by atoms with Crippen molar-refractivity contribution >= 4 is 36.5 Å². The van der Waals surface area contributed by atoms with E-state index in [1.807, 2.05) is 47.9 Å². The Bertz CT molecular complexity index is 1780. The highest BCUT2D eigenvalue weighted by atomic mass is 28.3. The molecule has 0 aliphatic carbocycles. The number of nitrogens with two attached hydrogens (primary N) is 2. The third kappa shape index (κ3) is 6.00. The molecule has 216 valence electrons. The summed E-state index contributed by atoms with van der Waals surface area (Å²) in [6.45, 7) is 9.72. The molecule has 2 aromatic heterocycles. The zero-order valence-electron chi connectivity index (χ0n) is 24.3. The van der Waals surface area contributed by atoms with Crippen molar-refractivity contribution in [3.8, 4) is 17.2 Å². The van der Waals surface area contributed by atoms with Gasteiger partial charge < -0.3 is 25.5 Å². The van der Waals surface area contributed by atoms with Crippen molar-refractivity contribution < 1.29 is 19.1 Å². The lowest BCUT2D eigenvalue weighted by atomic mass is 10.1. The number of aromatic nitrogens is 3. The number of nitrogen functional groups attached to an aromatic ring is 1. The number of fused-ring (bicyclic) bond motifs is 1. The SMILES string of the molecule is Cc1cc(Oc2ccccc2C(N)=O)ccc1-n1ncc(C(=O)c2cc3ccccc3n2COCC[Si](C)(C)C)c1N. The first-order valence-electron chi connectivity index (χ1n) is 13.8. The van der Waals surface area contributed by atoms with Crippen LogP contribution in [0.3, 0.4) is 0 Å². The van der Waals surface area contributed by atoms with Gasteiger partial charge in [-0.2, -0.15) is 5.10 Å². The summed E-state index contributed by atoms with van der Waals surface area (Å²) < 4.78 is 15.4. The standard InChI is InChI=1S/C32H35N5O4Si/c1-21-17-23(41-29-12-8-6-10-24(29)32(34)39)13-14-26(21)37-31(33)25(19-35-37)30(38)28-18-22-9-5-7-11-27(22)36(28)20-40-15-16-42(2,3)4/h5-14,17-19H,15-16,20,33H2,1-4H3,(H2,34,39). The molecule has 3 aromatic carbocycles. The number of benzene rings is 3. The average Bonchev–Trinajstić information content (AvgIpc) is 3.51. The van der Waals surface area contributed by atoms with E-state index in [1.165, 1.54) is 6.20 Å². The maximum Gasteiger partial charge on any atom is 0.252 e. The molecule has 0 unspecified atom stereocenters. The first-order chi connectivity index (χ1) is 20.0. The van der Waals surface area contributed by atoms with Crippen molar-refractivity contribution in [1.82, 2.24) is 14.3 Å². The Morgan fingerprint density at radius 3 is 2.43 bits per heavy atom. The maximum atomic E-state index is 13.9. The second-order valence-electron chi connectivity index (χ2n) is 11.5. The van der Waals surface area contributed by atoms with Crippen molar-refractivity contribution in [3.05, 3.63) is 101 Å². The van der Waals surface area contributed by atoms with Gasteiger partial charge in [0.05, 0.1) is 34.2 Å². The molecule has 0 aliphatic heterocycles. The number of carbonyl (C=O) groups is 2. The molecule has 0 radical (unpaired) electrons. The largest absolute Gasteiger partial charge is 0.457 e. The number of ether oxygens (including phenoxy) is 2. The van der Waals surface area contributed by atoms with Crippen LogP contribution in [-0.4, -0.2) is 40.7 Å². The Labute approximate surface area is 245 Å². The number of carbonyl (C=O) groups excluding carboxylic acids is 2. The van der Waals surface area contributed by atoms with Gasteiger partial charge in [-0.25, -0.2) is 4.68 Å². The number of para-hydroxylation sites is 2. The fourth-order valence-electron chi connectivity index (χ4n) is 4.75. The number of amides is 1. The molecule has 4 N–H and O–H groups in total. The fourth-order valence-corrected chi connectivity index (χ4v) is 5.51. The van der Waals surface area contributed by atoms with Gasteiger partial charge in [-0.1, -0.05) is 50.0 Å². The lowest BCUT2D eigenvalue weighted by Gasteiger charge is -2.16. The number of anilines is 1. The Hall–Kier alpha value is -4.67. The molecule has 0 atom stereocenters. The molecule has 2 heterocycles. The summed E-state index contributed by atoms with van der Waals surface area (Å²) in [5.74, 6) is 0.309. The van der Waals surface area contributed by atoms with E-state index in [4.69, 9.17) is 20.9 Å². The van der Waals surface area contributed by atoms with Crippen molar-refractivity contribution in [2.24, 2.45) is 5.73 Å². The molecule has 0 fully saturated rings. The Morgan fingerprint density at radius 2 is 1.69 bits per heavy atom. The first kappa shape index (κ1) is 28.8. The minimum Gasteiger partial charge on any atom is -0.457 e. The number of ketones is 1. The maximum absolute atomic E-state index is 13.9. The monoisotopic (exact) mass is 581 g/mol. The summed E-state index contributed by atoms with van der Waals surface area (Å²) in [6.07, 6.45) is 1.50. The summed E-state index contributed by atoms with van der Waals surface area (Å²) in [4.78, 5) is 25.6. The van der Waals surface area contributed by atoms with Crippen LogP contribution in [0.1, 0.15) is 32.0 Å². The second kappa shape index (κ2) is 11.7. The molecule has 10 heteroatoms. The summed E-state index contributed by atoms with van der Waals surface area (Å²) in [6, 6.07) is 22.9. The predicted molar refractivity (Wildman–Crippen MR) is 167 cm³/mol. The van der Waals surface area contributed by atoms with Gasteiger partial charge in [0.1, 0.15) is 24.0 Å². The number of rotatable bonds is 11. The van der Waals surface area contributed by atoms with E-state index in [9.17, 15) is 9.59 Å². The molecule has 0 saturated heterocycles. The normalized spacial score (nSPS) is 11.6. The Balaban J connectivity index is 1.42. The van der Waals surface area contributed by atoms with Crippen LogP contribution in [0, 0.1) is 6.92 Å². The van der Waals surface area contributed by atoms with Crippen LogP contribution in [0.4, 0.5) is 5.82 Å². The average molecular weight is 582 g/mol. The predicted octanol–water partition coefficient (Wildman–Crippen LogP) is 6.15.